The number of aliphatic hydroxyl groups is 1. The van der Waals surface area contributed by atoms with Gasteiger partial charge >= 0.3 is 0 Å². The Hall–Kier alpha value is -2.53. The van der Waals surface area contributed by atoms with Crippen molar-refractivity contribution in [3.8, 4) is 11.5 Å². The molecule has 5 heteroatoms. The van der Waals surface area contributed by atoms with Gasteiger partial charge in [-0.05, 0) is 30.3 Å². The Morgan fingerprint density at radius 1 is 1.04 bits per heavy atom. The number of ether oxygens (including phenoxy) is 2. The Morgan fingerprint density at radius 3 is 2.39 bits per heavy atom. The number of ketones is 1. The van der Waals surface area contributed by atoms with E-state index in [4.69, 9.17) is 9.47 Å². The Labute approximate surface area is 135 Å². The molecule has 0 amide bonds. The van der Waals surface area contributed by atoms with Gasteiger partial charge in [-0.15, -0.1) is 0 Å². The minimum atomic E-state index is -0.278. The maximum atomic E-state index is 12.7. The van der Waals surface area contributed by atoms with Gasteiger partial charge in [0.15, 0.2) is 17.3 Å². The van der Waals surface area contributed by atoms with E-state index in [1.54, 1.807) is 38.5 Å². The van der Waals surface area contributed by atoms with E-state index < -0.39 is 0 Å². The molecule has 0 bridgehead atoms. The fraction of sp³-hybridized carbons (Fsp3) is 0.278. The maximum absolute atomic E-state index is 12.7. The first-order valence-corrected chi connectivity index (χ1v) is 7.42. The molecule has 2 aromatic rings. The van der Waals surface area contributed by atoms with Crippen molar-refractivity contribution in [2.24, 2.45) is 0 Å². The number of aliphatic hydroxyl groups excluding tert-OH is 1. The molecule has 2 aromatic carbocycles. The molecule has 3 rings (SSSR count). The summed E-state index contributed by atoms with van der Waals surface area (Å²) in [5.74, 6) is 1.04. The highest BCUT2D eigenvalue weighted by Crippen LogP contribution is 2.29. The normalized spacial score (nSPS) is 14.3. The van der Waals surface area contributed by atoms with Crippen LogP contribution in [0.4, 0.5) is 5.69 Å². The lowest BCUT2D eigenvalue weighted by molar-refractivity contribution is 0.103. The van der Waals surface area contributed by atoms with Gasteiger partial charge in [-0.25, -0.2) is 0 Å². The number of methoxy groups -OCH3 is 2. The van der Waals surface area contributed by atoms with Gasteiger partial charge < -0.3 is 19.5 Å². The smallest absolute Gasteiger partial charge is 0.193 e. The van der Waals surface area contributed by atoms with Crippen molar-refractivity contribution in [3.05, 3.63) is 53.6 Å². The second kappa shape index (κ2) is 6.30. The number of carbonyl (C=O) groups excluding carboxylic acids is 1. The van der Waals surface area contributed by atoms with Crippen LogP contribution in [0.1, 0.15) is 15.9 Å². The SMILES string of the molecule is COc1ccc(C(=O)c2cccc(N3CC(O)C3)c2)cc1OC. The fourth-order valence-electron chi connectivity index (χ4n) is 2.65. The van der Waals surface area contributed by atoms with Gasteiger partial charge in [-0.1, -0.05) is 12.1 Å². The molecule has 1 heterocycles. The Kier molecular flexibility index (Phi) is 4.21. The van der Waals surface area contributed by atoms with Crippen LogP contribution in [-0.2, 0) is 0 Å². The molecule has 1 N–H and O–H groups in total. The first kappa shape index (κ1) is 15.4. The van der Waals surface area contributed by atoms with Crippen molar-refractivity contribution in [1.82, 2.24) is 0 Å². The van der Waals surface area contributed by atoms with Gasteiger partial charge in [-0.2, -0.15) is 0 Å². The highest BCUT2D eigenvalue weighted by molar-refractivity contribution is 6.09. The minimum absolute atomic E-state index is 0.0751. The minimum Gasteiger partial charge on any atom is -0.493 e. The summed E-state index contributed by atoms with van der Waals surface area (Å²) in [6.45, 7) is 1.21. The van der Waals surface area contributed by atoms with E-state index in [2.05, 4.69) is 0 Å². The van der Waals surface area contributed by atoms with E-state index in [0.29, 0.717) is 35.7 Å². The van der Waals surface area contributed by atoms with Crippen LogP contribution in [0.2, 0.25) is 0 Å². The summed E-state index contributed by atoms with van der Waals surface area (Å²) < 4.78 is 10.4. The molecule has 5 nitrogen and oxygen atoms in total. The number of anilines is 1. The molecular weight excluding hydrogens is 294 g/mol. The Morgan fingerprint density at radius 2 is 1.74 bits per heavy atom. The van der Waals surface area contributed by atoms with Gasteiger partial charge in [0.2, 0.25) is 0 Å². The van der Waals surface area contributed by atoms with E-state index in [1.165, 1.54) is 0 Å². The topological polar surface area (TPSA) is 59.0 Å². The zero-order valence-corrected chi connectivity index (χ0v) is 13.2. The molecule has 0 aromatic heterocycles. The number of β-amino-alcohol motifs (C(OH)–C–C–N with tert-alkyl or cyclic N) is 1. The average Bonchev–Trinajstić information content (AvgIpc) is 2.57. The second-order valence-electron chi connectivity index (χ2n) is 5.51. The molecule has 0 atom stereocenters. The largest absolute Gasteiger partial charge is 0.493 e. The lowest BCUT2D eigenvalue weighted by Gasteiger charge is -2.38. The van der Waals surface area contributed by atoms with Crippen molar-refractivity contribution in [1.29, 1.82) is 0 Å². The highest BCUT2D eigenvalue weighted by atomic mass is 16.5. The third-order valence-corrected chi connectivity index (χ3v) is 3.98. The summed E-state index contributed by atoms with van der Waals surface area (Å²) in [6, 6.07) is 12.6. The van der Waals surface area contributed by atoms with Crippen LogP contribution < -0.4 is 14.4 Å². The number of rotatable bonds is 5. The van der Waals surface area contributed by atoms with Crippen LogP contribution in [0.5, 0.6) is 11.5 Å². The molecule has 1 fully saturated rings. The van der Waals surface area contributed by atoms with Gasteiger partial charge in [0, 0.05) is 29.9 Å². The molecule has 1 saturated heterocycles. The number of nitrogens with zero attached hydrogens (tertiary/aromatic N) is 1. The fourth-order valence-corrected chi connectivity index (χ4v) is 2.65. The summed E-state index contributed by atoms with van der Waals surface area (Å²) >= 11 is 0. The monoisotopic (exact) mass is 313 g/mol. The van der Waals surface area contributed by atoms with Crippen molar-refractivity contribution in [3.63, 3.8) is 0 Å². The molecule has 0 spiro atoms. The molecule has 23 heavy (non-hydrogen) atoms. The van der Waals surface area contributed by atoms with Crippen molar-refractivity contribution in [2.75, 3.05) is 32.2 Å². The van der Waals surface area contributed by atoms with Gasteiger partial charge in [0.05, 0.1) is 20.3 Å². The number of carbonyl (C=O) groups is 1. The predicted molar refractivity (Wildman–Crippen MR) is 87.6 cm³/mol. The summed E-state index contributed by atoms with van der Waals surface area (Å²) in [5, 5.41) is 9.41. The van der Waals surface area contributed by atoms with Crippen LogP contribution in [0, 0.1) is 0 Å². The molecule has 0 saturated carbocycles. The third kappa shape index (κ3) is 3.00. The average molecular weight is 313 g/mol. The van der Waals surface area contributed by atoms with Crippen LogP contribution in [-0.4, -0.2) is 44.3 Å². The summed E-state index contributed by atoms with van der Waals surface area (Å²) in [6.07, 6.45) is -0.278. The third-order valence-electron chi connectivity index (χ3n) is 3.98. The zero-order chi connectivity index (χ0) is 16.4. The van der Waals surface area contributed by atoms with Crippen LogP contribution >= 0.6 is 0 Å². The summed E-state index contributed by atoms with van der Waals surface area (Å²) in [5.41, 5.74) is 2.10. The van der Waals surface area contributed by atoms with Crippen molar-refractivity contribution in [2.45, 2.75) is 6.10 Å². The summed E-state index contributed by atoms with van der Waals surface area (Å²) in [4.78, 5) is 14.7. The molecule has 0 radical (unpaired) electrons. The van der Waals surface area contributed by atoms with E-state index in [1.807, 2.05) is 23.1 Å². The van der Waals surface area contributed by atoms with E-state index in [-0.39, 0.29) is 11.9 Å². The molecule has 1 aliphatic rings. The first-order chi connectivity index (χ1) is 11.1. The first-order valence-electron chi connectivity index (χ1n) is 7.42. The van der Waals surface area contributed by atoms with Crippen LogP contribution in [0.15, 0.2) is 42.5 Å². The summed E-state index contributed by atoms with van der Waals surface area (Å²) in [7, 11) is 3.10. The molecule has 120 valence electrons. The number of benzene rings is 2. The Balaban J connectivity index is 1.87. The van der Waals surface area contributed by atoms with Crippen LogP contribution in [0.3, 0.4) is 0 Å². The molecular formula is C18H19NO4. The van der Waals surface area contributed by atoms with Crippen LogP contribution in [0.25, 0.3) is 0 Å². The van der Waals surface area contributed by atoms with Crippen molar-refractivity contribution >= 4 is 11.5 Å². The van der Waals surface area contributed by atoms with Gasteiger partial charge in [0.25, 0.3) is 0 Å². The molecule has 0 unspecified atom stereocenters. The zero-order valence-electron chi connectivity index (χ0n) is 13.2. The maximum Gasteiger partial charge on any atom is 0.193 e. The number of hydrogen-bond donors (Lipinski definition) is 1. The van der Waals surface area contributed by atoms with Gasteiger partial charge in [-0.3, -0.25) is 4.79 Å². The van der Waals surface area contributed by atoms with Gasteiger partial charge in [0.1, 0.15) is 0 Å². The molecule has 1 aliphatic heterocycles. The predicted octanol–water partition coefficient (Wildman–Crippen LogP) is 2.12. The van der Waals surface area contributed by atoms with Crippen molar-refractivity contribution < 1.29 is 19.4 Å². The standard InChI is InChI=1S/C18H19NO4/c1-22-16-7-6-13(9-17(16)23-2)18(21)12-4-3-5-14(8-12)19-10-15(20)11-19/h3-9,15,20H,10-11H2,1-2H3. The second-order valence-corrected chi connectivity index (χ2v) is 5.51. The lowest BCUT2D eigenvalue weighted by atomic mass is 10.0. The lowest BCUT2D eigenvalue weighted by Crippen LogP contribution is -2.50. The Bertz CT molecular complexity index is 723. The van der Waals surface area contributed by atoms with E-state index in [9.17, 15) is 9.90 Å². The quantitative estimate of drug-likeness (QED) is 0.857. The molecule has 0 aliphatic carbocycles. The highest BCUT2D eigenvalue weighted by Gasteiger charge is 2.25. The van der Waals surface area contributed by atoms with E-state index in [0.717, 1.165) is 5.69 Å². The van der Waals surface area contributed by atoms with E-state index >= 15 is 0 Å². The number of hydrogen-bond acceptors (Lipinski definition) is 5.